The fraction of sp³-hybridized carbons (Fsp3) is 0. The molecule has 0 heterocycles. The molecule has 0 radical (unpaired) electrons. The first-order valence-electron chi connectivity index (χ1n) is 4.95. The van der Waals surface area contributed by atoms with E-state index in [1.165, 1.54) is 0 Å². The zero-order chi connectivity index (χ0) is 32.2. The largest absolute Gasteiger partial charge is 2.00 e. The van der Waals surface area contributed by atoms with E-state index >= 15 is 0 Å². The Morgan fingerprint density at radius 1 is 0.268 bits per heavy atom. The topological polar surface area (TPSA) is 628 Å². The maximum absolute atomic E-state index is 8.36. The van der Waals surface area contributed by atoms with Crippen LogP contribution in [0.1, 0.15) is 0 Å². The molecule has 0 aromatic carbocycles. The Morgan fingerprint density at radius 3 is 0.268 bits per heavy atom. The van der Waals surface area contributed by atoms with E-state index in [0.29, 0.717) is 0 Å². The molecule has 41 heteroatoms. The third-order valence-corrected chi connectivity index (χ3v) is 0. The fourth-order valence-corrected chi connectivity index (χ4v) is 0. The zero-order valence-corrected chi connectivity index (χ0v) is 27.5. The number of rotatable bonds is 0. The van der Waals surface area contributed by atoms with Gasteiger partial charge in [0, 0.05) is 0 Å². The van der Waals surface area contributed by atoms with Crippen LogP contribution in [-0.4, -0.2) is 202 Å². The molecule has 0 aromatic heterocycles. The maximum Gasteiger partial charge on any atom is 2.00 e. The van der Waals surface area contributed by atoms with E-state index < -0.39 is 45.8 Å². The summed E-state index contributed by atoms with van der Waals surface area (Å²) in [5.74, 6) is 0. The van der Waals surface area contributed by atoms with Crippen molar-refractivity contribution in [1.29, 1.82) is 0 Å². The van der Waals surface area contributed by atoms with Crippen molar-refractivity contribution >= 4 is 151 Å². The Morgan fingerprint density at radius 2 is 0.268 bits per heavy atom. The minimum absolute atomic E-state index is 0. The second-order valence-corrected chi connectivity index (χ2v) is 2.03. The van der Waals surface area contributed by atoms with Crippen LogP contribution in [-0.2, 0) is 0 Å². The van der Waals surface area contributed by atoms with Gasteiger partial charge in [-0.3, -0.25) is 0 Å². The number of hydrogen-bond acceptors (Lipinski definition) is 27. The Labute approximate surface area is 336 Å². The predicted octanol–water partition coefficient (Wildman–Crippen LogP) is -3.62. The minimum atomic E-state index is -1.75. The van der Waals surface area contributed by atoms with Crippen LogP contribution < -0.4 is 6.15 Å². The van der Waals surface area contributed by atoms with Gasteiger partial charge in [-0.15, -0.1) is 10.1 Å². The van der Waals surface area contributed by atoms with Crippen LogP contribution in [0, 0.1) is 133 Å². The normalized spacial score (nSPS) is 5.27. The Kier molecular flexibility index (Phi) is 183. The summed E-state index contributed by atoms with van der Waals surface area (Å²) in [4.78, 5) is 74.4. The van der Waals surface area contributed by atoms with E-state index in [1.807, 2.05) is 0 Å². The summed E-state index contributed by atoms with van der Waals surface area (Å²) >= 11 is 0. The van der Waals surface area contributed by atoms with Crippen molar-refractivity contribution in [2.45, 2.75) is 0 Å². The van der Waals surface area contributed by atoms with Crippen LogP contribution >= 0.6 is 0 Å². The first-order chi connectivity index (χ1) is 15.6. The van der Waals surface area contributed by atoms with E-state index in [4.69, 9.17) is 138 Å². The van der Waals surface area contributed by atoms with Crippen molar-refractivity contribution in [3.63, 3.8) is 0 Å². The summed E-state index contributed by atoms with van der Waals surface area (Å²) < 4.78 is 0. The standard InChI is InChI=1S/4Ca.HNO3.8NO3.H3N/c;;;;9*2-1(3)4;/h;;;;(H,2,3,4);;;;;;;;;1H3/q4*+2;;8*-1;. The van der Waals surface area contributed by atoms with Gasteiger partial charge in [0.25, 0.3) is 5.09 Å². The molecular weight excluding hydrogens is 732 g/mol. The average Bonchev–Trinajstić information content (AvgIpc) is 2.39. The van der Waals surface area contributed by atoms with Crippen LogP contribution in [0.15, 0.2) is 0 Å². The van der Waals surface area contributed by atoms with E-state index in [1.54, 1.807) is 0 Å². The van der Waals surface area contributed by atoms with Crippen molar-refractivity contribution in [3.05, 3.63) is 133 Å². The molecular formula is H4Ca4N10O27. The quantitative estimate of drug-likeness (QED) is 0.138. The summed E-state index contributed by atoms with van der Waals surface area (Å²) in [6.45, 7) is 0. The van der Waals surface area contributed by atoms with Gasteiger partial charge < -0.3 is 134 Å². The van der Waals surface area contributed by atoms with Crippen LogP contribution in [0.5, 0.6) is 0 Å². The molecule has 0 rings (SSSR count). The van der Waals surface area contributed by atoms with Gasteiger partial charge in [-0.05, 0) is 0 Å². The summed E-state index contributed by atoms with van der Waals surface area (Å²) in [5, 5.41) is 132. The van der Waals surface area contributed by atoms with Gasteiger partial charge in [0.15, 0.2) is 0 Å². The molecule has 0 aliphatic heterocycles. The molecule has 41 heavy (non-hydrogen) atoms. The first kappa shape index (κ1) is 90.1. The first-order valence-corrected chi connectivity index (χ1v) is 4.95. The van der Waals surface area contributed by atoms with Gasteiger partial charge in [0.2, 0.25) is 0 Å². The summed E-state index contributed by atoms with van der Waals surface area (Å²) in [7, 11) is 0. The summed E-state index contributed by atoms with van der Waals surface area (Å²) in [5.41, 5.74) is 0. The molecule has 0 amide bonds. The molecule has 0 aromatic rings. The molecule has 4 N–H and O–H groups in total. The second-order valence-electron chi connectivity index (χ2n) is 2.03. The maximum atomic E-state index is 8.36. The molecule has 0 atom stereocenters. The second kappa shape index (κ2) is 83.2. The molecule has 37 nitrogen and oxygen atoms in total. The van der Waals surface area contributed by atoms with E-state index in [0.717, 1.165) is 0 Å². The summed E-state index contributed by atoms with van der Waals surface area (Å²) in [6.07, 6.45) is 0. The Hall–Kier alpha value is -2.20. The van der Waals surface area contributed by atoms with Crippen LogP contribution in [0.25, 0.3) is 0 Å². The molecule has 0 bridgehead atoms. The molecule has 0 saturated heterocycles. The van der Waals surface area contributed by atoms with Crippen molar-refractivity contribution in [2.24, 2.45) is 0 Å². The Bertz CT molecular complexity index is 428. The third kappa shape index (κ3) is 10000. The van der Waals surface area contributed by atoms with Crippen molar-refractivity contribution in [3.8, 4) is 0 Å². The Balaban J connectivity index is -0.0000000164. The molecule has 0 saturated carbocycles. The van der Waals surface area contributed by atoms with Gasteiger partial charge in [-0.1, -0.05) is 0 Å². The zero-order valence-electron chi connectivity index (χ0n) is 18.6. The van der Waals surface area contributed by atoms with Gasteiger partial charge in [0.1, 0.15) is 0 Å². The molecule has 0 aliphatic carbocycles. The van der Waals surface area contributed by atoms with Crippen molar-refractivity contribution in [2.75, 3.05) is 0 Å². The van der Waals surface area contributed by atoms with E-state index in [9.17, 15) is 0 Å². The van der Waals surface area contributed by atoms with Crippen LogP contribution in [0.3, 0.4) is 0 Å². The van der Waals surface area contributed by atoms with Crippen LogP contribution in [0.2, 0.25) is 0 Å². The molecule has 0 spiro atoms. The SMILES string of the molecule is N.O=[N+]([O-])O.O=[N+]([O-])[O-].O=[N+]([O-])[O-].O=[N+]([O-])[O-].O=[N+]([O-])[O-].O=[N+]([O-])[O-].O=[N+]([O-])[O-].O=[N+]([O-])[O-].O=[N+]([O-])[O-].[Ca+2].[Ca+2].[Ca+2].[Ca+2]. The van der Waals surface area contributed by atoms with Gasteiger partial charge in [0.05, 0.1) is 40.7 Å². The number of nitrogens with zero attached hydrogens (tertiary/aromatic N) is 9. The van der Waals surface area contributed by atoms with Crippen molar-refractivity contribution < 1.29 is 51.0 Å². The van der Waals surface area contributed by atoms with E-state index in [2.05, 4.69) is 0 Å². The molecule has 0 fully saturated rings. The average molecular weight is 736 g/mol. The summed E-state index contributed by atoms with van der Waals surface area (Å²) in [6, 6.07) is 0. The van der Waals surface area contributed by atoms with Gasteiger partial charge >= 0.3 is 151 Å². The van der Waals surface area contributed by atoms with Crippen molar-refractivity contribution in [1.82, 2.24) is 6.15 Å². The van der Waals surface area contributed by atoms with Gasteiger partial charge in [-0.25, -0.2) is 0 Å². The molecule has 224 valence electrons. The van der Waals surface area contributed by atoms with E-state index in [-0.39, 0.29) is 157 Å². The fourth-order valence-electron chi connectivity index (χ4n) is 0. The molecule has 0 unspecified atom stereocenters. The van der Waals surface area contributed by atoms with Gasteiger partial charge in [-0.2, -0.15) is 0 Å². The van der Waals surface area contributed by atoms with Crippen LogP contribution in [0.4, 0.5) is 0 Å². The number of hydrogen-bond donors (Lipinski definition) is 2. The third-order valence-electron chi connectivity index (χ3n) is 0. The monoisotopic (exact) mass is 736 g/mol. The molecule has 0 aliphatic rings. The minimum Gasteiger partial charge on any atom is -0.356 e. The predicted molar refractivity (Wildman–Crippen MR) is 120 cm³/mol. The smallest absolute Gasteiger partial charge is 0.356 e.